The van der Waals surface area contributed by atoms with Crippen molar-refractivity contribution < 1.29 is 14.3 Å². The Morgan fingerprint density at radius 3 is 2.57 bits per heavy atom. The van der Waals surface area contributed by atoms with Crippen molar-refractivity contribution in [3.63, 3.8) is 0 Å². The SMILES string of the molecule is COc1ccc(/C=C/C(=O)c2cc(C)nn2C)cc1COc1ccccc1C. The van der Waals surface area contributed by atoms with Crippen molar-refractivity contribution in [1.29, 1.82) is 0 Å². The van der Waals surface area contributed by atoms with Gasteiger partial charge in [0, 0.05) is 12.6 Å². The molecule has 0 atom stereocenters. The Morgan fingerprint density at radius 2 is 1.89 bits per heavy atom. The van der Waals surface area contributed by atoms with E-state index in [1.807, 2.05) is 56.3 Å². The minimum absolute atomic E-state index is 0.0865. The summed E-state index contributed by atoms with van der Waals surface area (Å²) in [5, 5.41) is 4.21. The lowest BCUT2D eigenvalue weighted by Crippen LogP contribution is -2.04. The van der Waals surface area contributed by atoms with Crippen LogP contribution in [0, 0.1) is 13.8 Å². The van der Waals surface area contributed by atoms with Crippen molar-refractivity contribution in [3.8, 4) is 11.5 Å². The van der Waals surface area contributed by atoms with Crippen molar-refractivity contribution in [1.82, 2.24) is 9.78 Å². The molecule has 28 heavy (non-hydrogen) atoms. The molecule has 0 fully saturated rings. The van der Waals surface area contributed by atoms with Gasteiger partial charge >= 0.3 is 0 Å². The number of hydrogen-bond donors (Lipinski definition) is 0. The molecular formula is C23H24N2O3. The van der Waals surface area contributed by atoms with Crippen LogP contribution < -0.4 is 9.47 Å². The molecule has 0 bridgehead atoms. The van der Waals surface area contributed by atoms with Gasteiger partial charge < -0.3 is 9.47 Å². The van der Waals surface area contributed by atoms with Crippen LogP contribution in [0.2, 0.25) is 0 Å². The minimum Gasteiger partial charge on any atom is -0.496 e. The molecule has 1 heterocycles. The summed E-state index contributed by atoms with van der Waals surface area (Å²) in [6.07, 6.45) is 3.35. The molecule has 5 heteroatoms. The van der Waals surface area contributed by atoms with E-state index in [1.165, 1.54) is 0 Å². The second-order valence-electron chi connectivity index (χ2n) is 6.62. The number of hydrogen-bond acceptors (Lipinski definition) is 4. The first kappa shape index (κ1) is 19.4. The number of allylic oxidation sites excluding steroid dienone is 1. The first-order valence-corrected chi connectivity index (χ1v) is 9.06. The Kier molecular flexibility index (Phi) is 5.94. The Balaban J connectivity index is 1.77. The standard InChI is InChI=1S/C23H24N2O3/c1-16-7-5-6-8-22(16)28-15-19-14-18(10-12-23(19)27-4)9-11-21(26)20-13-17(2)24-25(20)3/h5-14H,15H2,1-4H3/b11-9+. The predicted molar refractivity (Wildman–Crippen MR) is 110 cm³/mol. The molecule has 3 rings (SSSR count). The molecule has 0 saturated carbocycles. The third kappa shape index (κ3) is 4.49. The Hall–Kier alpha value is -3.34. The molecule has 0 unspecified atom stereocenters. The average molecular weight is 376 g/mol. The molecule has 5 nitrogen and oxygen atoms in total. The second kappa shape index (κ2) is 8.57. The highest BCUT2D eigenvalue weighted by Crippen LogP contribution is 2.24. The van der Waals surface area contributed by atoms with Crippen LogP contribution in [-0.2, 0) is 13.7 Å². The van der Waals surface area contributed by atoms with Crippen LogP contribution in [0.25, 0.3) is 6.08 Å². The van der Waals surface area contributed by atoms with E-state index in [-0.39, 0.29) is 5.78 Å². The highest BCUT2D eigenvalue weighted by atomic mass is 16.5. The first-order valence-electron chi connectivity index (χ1n) is 9.06. The fourth-order valence-corrected chi connectivity index (χ4v) is 2.99. The van der Waals surface area contributed by atoms with E-state index in [4.69, 9.17) is 9.47 Å². The maximum atomic E-state index is 12.4. The number of methoxy groups -OCH3 is 1. The van der Waals surface area contributed by atoms with Gasteiger partial charge in [0.15, 0.2) is 0 Å². The van der Waals surface area contributed by atoms with Crippen molar-refractivity contribution in [2.45, 2.75) is 20.5 Å². The zero-order valence-electron chi connectivity index (χ0n) is 16.6. The van der Waals surface area contributed by atoms with Gasteiger partial charge in [-0.3, -0.25) is 9.48 Å². The zero-order valence-corrected chi connectivity index (χ0v) is 16.6. The third-order valence-corrected chi connectivity index (χ3v) is 4.46. The van der Waals surface area contributed by atoms with Crippen LogP contribution in [0.4, 0.5) is 0 Å². The van der Waals surface area contributed by atoms with Crippen LogP contribution >= 0.6 is 0 Å². The molecule has 0 N–H and O–H groups in total. The van der Waals surface area contributed by atoms with E-state index in [0.717, 1.165) is 33.9 Å². The molecule has 0 spiro atoms. The fourth-order valence-electron chi connectivity index (χ4n) is 2.99. The van der Waals surface area contributed by atoms with E-state index in [9.17, 15) is 4.79 Å². The number of carbonyl (C=O) groups is 1. The van der Waals surface area contributed by atoms with Crippen molar-refractivity contribution in [2.75, 3.05) is 7.11 Å². The number of nitrogens with zero attached hydrogens (tertiary/aromatic N) is 2. The lowest BCUT2D eigenvalue weighted by atomic mass is 10.1. The molecule has 144 valence electrons. The number of para-hydroxylation sites is 1. The van der Waals surface area contributed by atoms with Gasteiger partial charge in [-0.15, -0.1) is 0 Å². The molecule has 2 aromatic carbocycles. The lowest BCUT2D eigenvalue weighted by molar-refractivity contribution is 0.103. The van der Waals surface area contributed by atoms with Gasteiger partial charge in [-0.1, -0.05) is 30.3 Å². The smallest absolute Gasteiger partial charge is 0.203 e. The van der Waals surface area contributed by atoms with E-state index in [0.29, 0.717) is 12.3 Å². The zero-order chi connectivity index (χ0) is 20.1. The second-order valence-corrected chi connectivity index (χ2v) is 6.62. The molecule has 3 aromatic rings. The van der Waals surface area contributed by atoms with Crippen LogP contribution in [0.15, 0.2) is 54.6 Å². The van der Waals surface area contributed by atoms with Gasteiger partial charge in [0.25, 0.3) is 0 Å². The molecule has 0 aliphatic heterocycles. The van der Waals surface area contributed by atoms with Gasteiger partial charge in [-0.05, 0) is 55.3 Å². The summed E-state index contributed by atoms with van der Waals surface area (Å²) in [4.78, 5) is 12.4. The Labute approximate surface area is 165 Å². The Bertz CT molecular complexity index is 1020. The number of ketones is 1. The molecule has 0 amide bonds. The highest BCUT2D eigenvalue weighted by molar-refractivity contribution is 6.05. The number of aryl methyl sites for hydroxylation is 3. The molecule has 1 aromatic heterocycles. The lowest BCUT2D eigenvalue weighted by Gasteiger charge is -2.12. The molecule has 0 radical (unpaired) electrons. The van der Waals surface area contributed by atoms with Crippen LogP contribution in [-0.4, -0.2) is 22.7 Å². The molecular weight excluding hydrogens is 352 g/mol. The normalized spacial score (nSPS) is 11.0. The van der Waals surface area contributed by atoms with E-state index in [2.05, 4.69) is 5.10 Å². The summed E-state index contributed by atoms with van der Waals surface area (Å²) in [5.41, 5.74) is 4.27. The predicted octanol–water partition coefficient (Wildman–Crippen LogP) is 4.52. The number of carbonyl (C=O) groups excluding carboxylic acids is 1. The summed E-state index contributed by atoms with van der Waals surface area (Å²) in [7, 11) is 3.40. The summed E-state index contributed by atoms with van der Waals surface area (Å²) in [5.74, 6) is 1.50. The number of ether oxygens (including phenoxy) is 2. The maximum Gasteiger partial charge on any atom is 0.203 e. The summed E-state index contributed by atoms with van der Waals surface area (Å²) in [6, 6.07) is 15.4. The van der Waals surface area contributed by atoms with Crippen LogP contribution in [0.3, 0.4) is 0 Å². The maximum absolute atomic E-state index is 12.4. The van der Waals surface area contributed by atoms with Crippen molar-refractivity contribution in [2.24, 2.45) is 7.05 Å². The summed E-state index contributed by atoms with van der Waals surface area (Å²) in [6.45, 7) is 4.26. The van der Waals surface area contributed by atoms with Gasteiger partial charge in [-0.25, -0.2) is 0 Å². The monoisotopic (exact) mass is 376 g/mol. The number of rotatable bonds is 7. The van der Waals surface area contributed by atoms with Gasteiger partial charge in [-0.2, -0.15) is 5.10 Å². The third-order valence-electron chi connectivity index (χ3n) is 4.46. The largest absolute Gasteiger partial charge is 0.496 e. The molecule has 0 saturated heterocycles. The van der Waals surface area contributed by atoms with Crippen LogP contribution in [0.1, 0.15) is 32.9 Å². The summed E-state index contributed by atoms with van der Waals surface area (Å²) >= 11 is 0. The fraction of sp³-hybridized carbons (Fsp3) is 0.217. The molecule has 0 aliphatic carbocycles. The quantitative estimate of drug-likeness (QED) is 0.449. The molecule has 0 aliphatic rings. The highest BCUT2D eigenvalue weighted by Gasteiger charge is 2.09. The number of aromatic nitrogens is 2. The Morgan fingerprint density at radius 1 is 1.11 bits per heavy atom. The topological polar surface area (TPSA) is 53.3 Å². The number of benzene rings is 2. The van der Waals surface area contributed by atoms with Crippen LogP contribution in [0.5, 0.6) is 11.5 Å². The minimum atomic E-state index is -0.0865. The first-order chi connectivity index (χ1) is 13.5. The average Bonchev–Trinajstić information content (AvgIpc) is 3.03. The van der Waals surface area contributed by atoms with E-state index >= 15 is 0 Å². The van der Waals surface area contributed by atoms with Crippen molar-refractivity contribution >= 4 is 11.9 Å². The van der Waals surface area contributed by atoms with E-state index in [1.54, 1.807) is 37.1 Å². The van der Waals surface area contributed by atoms with Crippen molar-refractivity contribution in [3.05, 3.63) is 82.7 Å². The van der Waals surface area contributed by atoms with E-state index < -0.39 is 0 Å². The summed E-state index contributed by atoms with van der Waals surface area (Å²) < 4.78 is 13.0. The van der Waals surface area contributed by atoms with Gasteiger partial charge in [0.1, 0.15) is 23.8 Å². The van der Waals surface area contributed by atoms with Gasteiger partial charge in [0.2, 0.25) is 5.78 Å². The van der Waals surface area contributed by atoms with Gasteiger partial charge in [0.05, 0.1) is 12.8 Å².